The lowest BCUT2D eigenvalue weighted by atomic mass is 10.2. The third kappa shape index (κ3) is 3.39. The third-order valence-corrected chi connectivity index (χ3v) is 3.01. The van der Waals surface area contributed by atoms with Crippen molar-refractivity contribution in [3.8, 4) is 0 Å². The fraction of sp³-hybridized carbons (Fsp3) is 0.300. The highest BCUT2D eigenvalue weighted by molar-refractivity contribution is 7.15. The van der Waals surface area contributed by atoms with Gasteiger partial charge in [-0.25, -0.2) is 0 Å². The summed E-state index contributed by atoms with van der Waals surface area (Å²) in [5, 5.41) is 8.55. The fourth-order valence-electron chi connectivity index (χ4n) is 1.27. The van der Waals surface area contributed by atoms with Crippen LogP contribution >= 0.6 is 11.3 Å². The van der Waals surface area contributed by atoms with E-state index in [-0.39, 0.29) is 5.13 Å². The highest BCUT2D eigenvalue weighted by Gasteiger charge is 2.35. The Bertz CT molecular complexity index is 497. The molecule has 0 radical (unpaired) electrons. The molecule has 1 N–H and O–H groups in total. The summed E-state index contributed by atoms with van der Waals surface area (Å²) in [4.78, 5) is 3.94. The van der Waals surface area contributed by atoms with Gasteiger partial charge in [0.05, 0.1) is 0 Å². The first kappa shape index (κ1) is 12.7. The average Bonchev–Trinajstić information content (AvgIpc) is 2.79. The summed E-state index contributed by atoms with van der Waals surface area (Å²) in [6, 6.07) is 3.71. The Hall–Kier alpha value is -1.70. The molecule has 0 aliphatic carbocycles. The maximum Gasteiger partial charge on any atom is 0.445 e. The maximum absolute atomic E-state index is 12.3. The van der Waals surface area contributed by atoms with Crippen molar-refractivity contribution < 1.29 is 13.2 Å². The number of anilines is 1. The number of aromatic nitrogens is 3. The molecule has 2 aromatic rings. The van der Waals surface area contributed by atoms with Crippen molar-refractivity contribution in [2.75, 3.05) is 11.9 Å². The van der Waals surface area contributed by atoms with E-state index in [1.807, 2.05) is 12.1 Å². The van der Waals surface area contributed by atoms with Gasteiger partial charge in [-0.15, -0.1) is 10.2 Å². The standard InChI is InChI=1S/C10H9F3N4S/c11-10(12,13)8-16-17-9(18-8)15-5-3-7-2-1-4-14-6-7/h1-2,4,6H,3,5H2,(H,15,17). The summed E-state index contributed by atoms with van der Waals surface area (Å²) in [6.45, 7) is 0.484. The van der Waals surface area contributed by atoms with Crippen LogP contribution in [-0.4, -0.2) is 21.7 Å². The van der Waals surface area contributed by atoms with Crippen LogP contribution in [0.3, 0.4) is 0 Å². The predicted octanol–water partition coefficient (Wildman–Crippen LogP) is 2.61. The SMILES string of the molecule is FC(F)(F)c1nnc(NCCc2cccnc2)s1. The number of hydrogen-bond donors (Lipinski definition) is 1. The van der Waals surface area contributed by atoms with Gasteiger partial charge in [0.25, 0.3) is 0 Å². The second-order valence-electron chi connectivity index (χ2n) is 3.45. The number of nitrogens with zero attached hydrogens (tertiary/aromatic N) is 3. The summed E-state index contributed by atoms with van der Waals surface area (Å²) in [5.74, 6) is 0. The minimum absolute atomic E-state index is 0.172. The molecule has 0 aliphatic rings. The van der Waals surface area contributed by atoms with Crippen LogP contribution in [0.2, 0.25) is 0 Å². The average molecular weight is 274 g/mol. The molecule has 0 spiro atoms. The van der Waals surface area contributed by atoms with E-state index in [0.29, 0.717) is 24.3 Å². The first-order chi connectivity index (χ1) is 8.55. The van der Waals surface area contributed by atoms with Crippen LogP contribution in [0.25, 0.3) is 0 Å². The highest BCUT2D eigenvalue weighted by Crippen LogP contribution is 2.32. The molecule has 2 aromatic heterocycles. The molecule has 0 aromatic carbocycles. The van der Waals surface area contributed by atoms with Gasteiger partial charge in [0.2, 0.25) is 10.1 Å². The van der Waals surface area contributed by atoms with E-state index < -0.39 is 11.2 Å². The number of hydrogen-bond acceptors (Lipinski definition) is 5. The Morgan fingerprint density at radius 2 is 2.11 bits per heavy atom. The molecule has 4 nitrogen and oxygen atoms in total. The van der Waals surface area contributed by atoms with Gasteiger partial charge in [-0.2, -0.15) is 13.2 Å². The van der Waals surface area contributed by atoms with E-state index in [2.05, 4.69) is 20.5 Å². The number of rotatable bonds is 4. The van der Waals surface area contributed by atoms with Crippen LogP contribution in [0, 0.1) is 0 Å². The number of pyridine rings is 1. The second kappa shape index (κ2) is 5.30. The molecule has 2 rings (SSSR count). The molecule has 2 heterocycles. The predicted molar refractivity (Wildman–Crippen MR) is 61.3 cm³/mol. The van der Waals surface area contributed by atoms with Crippen molar-refractivity contribution in [1.82, 2.24) is 15.2 Å². The van der Waals surface area contributed by atoms with Gasteiger partial charge >= 0.3 is 6.18 Å². The molecule has 18 heavy (non-hydrogen) atoms. The quantitative estimate of drug-likeness (QED) is 0.931. The number of nitrogens with one attached hydrogen (secondary N) is 1. The molecule has 0 saturated carbocycles. The monoisotopic (exact) mass is 274 g/mol. The lowest BCUT2D eigenvalue weighted by Crippen LogP contribution is -2.04. The molecule has 0 aliphatic heterocycles. The molecular weight excluding hydrogens is 265 g/mol. The first-order valence-electron chi connectivity index (χ1n) is 5.09. The second-order valence-corrected chi connectivity index (χ2v) is 4.43. The minimum atomic E-state index is -4.43. The van der Waals surface area contributed by atoms with Gasteiger partial charge in [-0.3, -0.25) is 4.98 Å². The Balaban J connectivity index is 1.86. The van der Waals surface area contributed by atoms with Crippen LogP contribution in [0.4, 0.5) is 18.3 Å². The molecule has 0 atom stereocenters. The molecule has 0 bridgehead atoms. The fourth-order valence-corrected chi connectivity index (χ4v) is 1.91. The number of halogens is 3. The van der Waals surface area contributed by atoms with Gasteiger partial charge in [0.1, 0.15) is 0 Å². The van der Waals surface area contributed by atoms with E-state index in [0.717, 1.165) is 5.56 Å². The largest absolute Gasteiger partial charge is 0.445 e. The van der Waals surface area contributed by atoms with Crippen molar-refractivity contribution in [1.29, 1.82) is 0 Å². The van der Waals surface area contributed by atoms with Gasteiger partial charge in [-0.05, 0) is 18.1 Å². The first-order valence-corrected chi connectivity index (χ1v) is 5.91. The Morgan fingerprint density at radius 1 is 1.28 bits per heavy atom. The van der Waals surface area contributed by atoms with E-state index >= 15 is 0 Å². The normalized spacial score (nSPS) is 11.5. The zero-order valence-electron chi connectivity index (χ0n) is 9.11. The number of alkyl halides is 3. The summed E-state index contributed by atoms with van der Waals surface area (Å²) in [6.07, 6.45) is -0.393. The van der Waals surface area contributed by atoms with E-state index in [4.69, 9.17) is 0 Å². The smallest absolute Gasteiger partial charge is 0.360 e. The van der Waals surface area contributed by atoms with Crippen LogP contribution in [-0.2, 0) is 12.6 Å². The Morgan fingerprint density at radius 3 is 2.72 bits per heavy atom. The van der Waals surface area contributed by atoms with Gasteiger partial charge in [0, 0.05) is 18.9 Å². The minimum Gasteiger partial charge on any atom is -0.360 e. The molecular formula is C10H9F3N4S. The van der Waals surface area contributed by atoms with Gasteiger partial charge in [0.15, 0.2) is 0 Å². The van der Waals surface area contributed by atoms with Crippen molar-refractivity contribution in [2.24, 2.45) is 0 Å². The lowest BCUT2D eigenvalue weighted by molar-refractivity contribution is -0.138. The third-order valence-electron chi connectivity index (χ3n) is 2.08. The topological polar surface area (TPSA) is 50.7 Å². The van der Waals surface area contributed by atoms with Crippen LogP contribution in [0.15, 0.2) is 24.5 Å². The zero-order valence-corrected chi connectivity index (χ0v) is 9.92. The Kier molecular flexibility index (Phi) is 3.75. The summed E-state index contributed by atoms with van der Waals surface area (Å²) in [5.41, 5.74) is 1.01. The van der Waals surface area contributed by atoms with Crippen molar-refractivity contribution in [2.45, 2.75) is 12.6 Å². The maximum atomic E-state index is 12.3. The summed E-state index contributed by atoms with van der Waals surface area (Å²) < 4.78 is 36.8. The molecule has 0 fully saturated rings. The lowest BCUT2D eigenvalue weighted by Gasteiger charge is -2.01. The molecule has 0 amide bonds. The van der Waals surface area contributed by atoms with Gasteiger partial charge in [-0.1, -0.05) is 17.4 Å². The van der Waals surface area contributed by atoms with Crippen molar-refractivity contribution in [3.63, 3.8) is 0 Å². The molecule has 0 unspecified atom stereocenters. The zero-order chi connectivity index (χ0) is 13.0. The molecule has 0 saturated heterocycles. The van der Waals surface area contributed by atoms with Crippen LogP contribution in [0.1, 0.15) is 10.6 Å². The van der Waals surface area contributed by atoms with E-state index in [1.54, 1.807) is 12.4 Å². The van der Waals surface area contributed by atoms with Crippen molar-refractivity contribution in [3.05, 3.63) is 35.1 Å². The van der Waals surface area contributed by atoms with E-state index in [9.17, 15) is 13.2 Å². The highest BCUT2D eigenvalue weighted by atomic mass is 32.1. The van der Waals surface area contributed by atoms with E-state index in [1.165, 1.54) is 0 Å². The van der Waals surface area contributed by atoms with Gasteiger partial charge < -0.3 is 5.32 Å². The Labute approximate surface area is 105 Å². The van der Waals surface area contributed by atoms with Crippen LogP contribution < -0.4 is 5.32 Å². The van der Waals surface area contributed by atoms with Crippen molar-refractivity contribution >= 4 is 16.5 Å². The molecule has 8 heteroatoms. The summed E-state index contributed by atoms with van der Waals surface area (Å²) >= 11 is 0.501. The summed E-state index contributed by atoms with van der Waals surface area (Å²) in [7, 11) is 0. The molecule has 96 valence electrons. The van der Waals surface area contributed by atoms with Crippen LogP contribution in [0.5, 0.6) is 0 Å².